The van der Waals surface area contributed by atoms with E-state index in [0.29, 0.717) is 17.7 Å². The molecule has 18 rings (SSSR count). The normalized spacial score (nSPS) is 13.3. The topological polar surface area (TPSA) is 63.2 Å². The second-order valence-corrected chi connectivity index (χ2v) is 41.0. The molecular formula is C94H93N3O2S10. The highest BCUT2D eigenvalue weighted by molar-refractivity contribution is 7.33. The third kappa shape index (κ3) is 12.9. The Labute approximate surface area is 680 Å². The van der Waals surface area contributed by atoms with E-state index in [1.807, 2.05) is 90.7 Å². The molecule has 0 saturated heterocycles. The van der Waals surface area contributed by atoms with Gasteiger partial charge in [0, 0.05) is 113 Å². The van der Waals surface area contributed by atoms with E-state index in [9.17, 15) is 0 Å². The highest BCUT2D eigenvalue weighted by Gasteiger charge is 2.44. The van der Waals surface area contributed by atoms with Crippen LogP contribution in [0.4, 0.5) is 0 Å². The van der Waals surface area contributed by atoms with Crippen LogP contribution in [-0.4, -0.2) is 32.0 Å². The van der Waals surface area contributed by atoms with Gasteiger partial charge in [0.15, 0.2) is 0 Å². The van der Waals surface area contributed by atoms with Gasteiger partial charge in [-0.25, -0.2) is 0 Å². The van der Waals surface area contributed by atoms with Crippen LogP contribution in [0.25, 0.3) is 163 Å². The van der Waals surface area contributed by atoms with Gasteiger partial charge in [0.25, 0.3) is 11.8 Å². The number of imide groups is 1. The zero-order valence-corrected chi connectivity index (χ0v) is 72.1. The number of hydrogen-bond donors (Lipinski definition) is 0. The van der Waals surface area contributed by atoms with Crippen LogP contribution < -0.4 is 0 Å². The third-order valence-electron chi connectivity index (χ3n) is 23.5. The predicted molar refractivity (Wildman–Crippen MR) is 488 cm³/mol. The Hall–Kier alpha value is -6.60. The van der Waals surface area contributed by atoms with Crippen LogP contribution in [-0.2, 0) is 25.7 Å². The lowest BCUT2D eigenvalue weighted by Gasteiger charge is -2.21. The van der Waals surface area contributed by atoms with Crippen LogP contribution >= 0.6 is 114 Å². The summed E-state index contributed by atoms with van der Waals surface area (Å²) in [6.45, 7) is 18.6. The van der Waals surface area contributed by atoms with Crippen molar-refractivity contribution in [2.45, 2.75) is 209 Å². The van der Waals surface area contributed by atoms with E-state index >= 15 is 9.59 Å². The maximum absolute atomic E-state index is 16.0. The van der Waals surface area contributed by atoms with Crippen LogP contribution in [0.3, 0.4) is 0 Å². The molecule has 10 aromatic heterocycles. The van der Waals surface area contributed by atoms with Crippen LogP contribution in [0, 0.1) is 19.8 Å². The fourth-order valence-electron chi connectivity index (χ4n) is 17.9. The molecule has 0 aliphatic carbocycles. The summed E-state index contributed by atoms with van der Waals surface area (Å²) in [4.78, 5) is 51.4. The van der Waals surface area contributed by atoms with E-state index in [2.05, 4.69) is 165 Å². The van der Waals surface area contributed by atoms with Gasteiger partial charge in [-0.15, -0.1) is 102 Å². The van der Waals surface area contributed by atoms with Gasteiger partial charge in [0.1, 0.15) is 11.0 Å². The van der Waals surface area contributed by atoms with Gasteiger partial charge in [-0.1, -0.05) is 199 Å². The molecule has 0 spiro atoms. The number of fused-ring (bicyclic) bond motifs is 6. The van der Waals surface area contributed by atoms with Crippen LogP contribution in [0.1, 0.15) is 223 Å². The Morgan fingerprint density at radius 2 is 0.725 bits per heavy atom. The number of nitrogens with zero attached hydrogens (tertiary/aromatic N) is 3. The Bertz CT molecular complexity index is 6250. The minimum absolute atomic E-state index is 0.116. The summed E-state index contributed by atoms with van der Waals surface area (Å²) in [5.41, 5.74) is 11.3. The molecule has 1 aliphatic heterocycles. The first-order valence-corrected chi connectivity index (χ1v) is 48.6. The molecule has 7 aromatic carbocycles. The average molecular weight is 1620 g/mol. The van der Waals surface area contributed by atoms with Gasteiger partial charge in [-0.2, -0.15) is 8.75 Å². The number of benzene rings is 7. The molecule has 1 atom stereocenters. The third-order valence-corrected chi connectivity index (χ3v) is 35.5. The van der Waals surface area contributed by atoms with E-state index in [1.54, 1.807) is 16.2 Å². The van der Waals surface area contributed by atoms with Crippen molar-refractivity contribution in [3.8, 4) is 69.0 Å². The summed E-state index contributed by atoms with van der Waals surface area (Å²) < 4.78 is 15.0. The van der Waals surface area contributed by atoms with E-state index < -0.39 is 0 Å². The first-order chi connectivity index (χ1) is 53.5. The van der Waals surface area contributed by atoms with Gasteiger partial charge >= 0.3 is 0 Å². The Balaban J connectivity index is 0.810. The van der Waals surface area contributed by atoms with E-state index in [0.717, 1.165) is 108 Å². The summed E-state index contributed by atoms with van der Waals surface area (Å²) in [6.07, 6.45) is 27.2. The van der Waals surface area contributed by atoms with Crippen molar-refractivity contribution in [1.82, 2.24) is 13.6 Å². The molecule has 556 valence electrons. The molecule has 0 bridgehead atoms. The number of aryl methyl sites for hydroxylation is 6. The summed E-state index contributed by atoms with van der Waals surface area (Å²) in [7, 11) is 0. The van der Waals surface area contributed by atoms with Crippen molar-refractivity contribution < 1.29 is 9.59 Å². The van der Waals surface area contributed by atoms with Gasteiger partial charge in [0.05, 0.1) is 52.1 Å². The predicted octanol–water partition coefficient (Wildman–Crippen LogP) is 32.9. The summed E-state index contributed by atoms with van der Waals surface area (Å²) in [6, 6.07) is 42.8. The smallest absolute Gasteiger partial charge is 0.263 e. The molecule has 11 heterocycles. The molecule has 0 saturated carbocycles. The summed E-state index contributed by atoms with van der Waals surface area (Å²) >= 11 is 18.6. The largest absolute Gasteiger partial charge is 0.274 e. The maximum Gasteiger partial charge on any atom is 0.263 e. The first kappa shape index (κ1) is 73.9. The maximum atomic E-state index is 16.0. The lowest BCUT2D eigenvalue weighted by atomic mass is 9.93. The van der Waals surface area contributed by atoms with Gasteiger partial charge < -0.3 is 0 Å². The van der Waals surface area contributed by atoms with E-state index in [-0.39, 0.29) is 17.7 Å². The Morgan fingerprint density at radius 3 is 1.13 bits per heavy atom. The molecular weight excluding hydrogens is 1520 g/mol. The number of hydrogen-bond acceptors (Lipinski definition) is 14. The lowest BCUT2D eigenvalue weighted by Crippen LogP contribution is -2.34. The van der Waals surface area contributed by atoms with Crippen molar-refractivity contribution >= 4 is 220 Å². The number of carbonyl (C=O) groups excluding carboxylic acids is 2. The summed E-state index contributed by atoms with van der Waals surface area (Å²) in [5, 5.41) is 16.3. The minimum atomic E-state index is -0.117. The Kier molecular flexibility index (Phi) is 21.3. The fraction of sp³-hybridized carbons (Fsp3) is 0.362. The van der Waals surface area contributed by atoms with Crippen LogP contribution in [0.2, 0.25) is 0 Å². The number of carbonyl (C=O) groups is 2. The second kappa shape index (κ2) is 31.4. The van der Waals surface area contributed by atoms with E-state index in [1.165, 1.54) is 254 Å². The fourth-order valence-corrected chi connectivity index (χ4v) is 30.4. The van der Waals surface area contributed by atoms with Crippen LogP contribution in [0.5, 0.6) is 0 Å². The van der Waals surface area contributed by atoms with Crippen molar-refractivity contribution in [2.24, 2.45) is 5.92 Å². The number of aromatic nitrogens is 2. The van der Waals surface area contributed by atoms with Crippen molar-refractivity contribution in [2.75, 3.05) is 6.54 Å². The zero-order valence-electron chi connectivity index (χ0n) is 63.9. The number of unbranched alkanes of at least 4 members (excludes halogenated alkanes) is 13. The second-order valence-electron chi connectivity index (χ2n) is 30.8. The highest BCUT2D eigenvalue weighted by atomic mass is 32.1. The van der Waals surface area contributed by atoms with Crippen molar-refractivity contribution in [1.29, 1.82) is 0 Å². The lowest BCUT2D eigenvalue weighted by molar-refractivity contribution is 0.0624. The molecule has 0 fully saturated rings. The van der Waals surface area contributed by atoms with Crippen molar-refractivity contribution in [3.63, 3.8) is 0 Å². The number of thiophene rings is 9. The minimum Gasteiger partial charge on any atom is -0.274 e. The van der Waals surface area contributed by atoms with E-state index in [4.69, 9.17) is 8.75 Å². The van der Waals surface area contributed by atoms with Gasteiger partial charge in [-0.3, -0.25) is 14.5 Å². The highest BCUT2D eigenvalue weighted by Crippen LogP contribution is 2.61. The summed E-state index contributed by atoms with van der Waals surface area (Å²) in [5.74, 6) is -0.000972. The molecule has 5 nitrogen and oxygen atoms in total. The molecule has 15 heteroatoms. The molecule has 2 amide bonds. The molecule has 1 aliphatic rings. The van der Waals surface area contributed by atoms with Gasteiger partial charge in [-0.05, 0) is 175 Å². The standard InChI is InChI=1S/C94H93N3O2S10/c1-9-15-20-24-33-55-47-53(8)100-83(55)89-75-60-37-28-43-66-72(60)77(61-38-29-41-64(101-89)71(61)75)91(103-66)85-57(35-26-22-17-11-3)49-69(106-85)87-79-80(94(99)97(93(79)98)51-54(14-6)32-19-13-5)88(108-87)70-50-58(36-27-23-18-12-4)86(107-70)92-78-63-40-31-42-65-73(63)76(62-39-30-44-67(104-92)74(62)78)90(102-65)84-56(34-25-21-16-10-2)48-68(105-84)59-46-45-52(7)81-82(59)96-109-95-81/h28-31,37-50,54H,9-27,32-36,51H2,1-8H3. The molecule has 0 radical (unpaired) electrons. The number of rotatable bonds is 33. The zero-order chi connectivity index (χ0) is 74.3. The SMILES string of the molecule is CCCCCCc1cc(C)sc1-c1sc2cccc3c4c(-c5sc(-c6sc(-c7cc(CCCCCC)c(-c8sc9cccc%10c%11c(-c%12sc(-c%13ccc(C)c%14nsnc%13%14)cc%12CCCCCC)sc%12cccc(c8c9%10)c%12%11)s7)c7c6C(=O)N(CC(CC)CCCC)C7=O)cc5CCCCCC)sc5cccc(c1c23)c54. The number of amides is 2. The first-order valence-electron chi connectivity index (χ1n) is 40.5. The Morgan fingerprint density at radius 1 is 0.349 bits per heavy atom. The molecule has 0 N–H and O–H groups in total. The van der Waals surface area contributed by atoms with Crippen LogP contribution in [0.15, 0.2) is 109 Å². The molecule has 17 aromatic rings. The average Bonchev–Trinajstić information content (AvgIpc) is 1.55. The molecule has 1 unspecified atom stereocenters. The monoisotopic (exact) mass is 1620 g/mol. The molecule has 109 heavy (non-hydrogen) atoms. The van der Waals surface area contributed by atoms with Gasteiger partial charge in [0.2, 0.25) is 0 Å². The van der Waals surface area contributed by atoms with Crippen molar-refractivity contribution in [3.05, 3.63) is 153 Å². The quantitative estimate of drug-likeness (QED) is 0.0234.